The summed E-state index contributed by atoms with van der Waals surface area (Å²) >= 11 is 0. The van der Waals surface area contributed by atoms with Gasteiger partial charge < -0.3 is 0 Å². The summed E-state index contributed by atoms with van der Waals surface area (Å²) in [7, 11) is 1.72. The number of alkyl halides is 3. The fourth-order valence-corrected chi connectivity index (χ4v) is 4.34. The predicted molar refractivity (Wildman–Crippen MR) is 109 cm³/mol. The molecule has 2 aromatic heterocycles. The highest BCUT2D eigenvalue weighted by Crippen LogP contribution is 2.34. The van der Waals surface area contributed by atoms with E-state index in [1.165, 1.54) is 6.42 Å². The van der Waals surface area contributed by atoms with Gasteiger partial charge in [0.25, 0.3) is 0 Å². The fraction of sp³-hybridized carbons (Fsp3) is 0.455. The van der Waals surface area contributed by atoms with Crippen molar-refractivity contribution in [3.63, 3.8) is 0 Å². The summed E-state index contributed by atoms with van der Waals surface area (Å²) in [6.45, 7) is -0.0627. The molecule has 0 spiro atoms. The van der Waals surface area contributed by atoms with Gasteiger partial charge in [0.2, 0.25) is 0 Å². The average molecular weight is 448 g/mol. The Morgan fingerprint density at radius 2 is 1.94 bits per heavy atom. The summed E-state index contributed by atoms with van der Waals surface area (Å²) in [5, 5.41) is 12.4. The molecule has 2 heterocycles. The summed E-state index contributed by atoms with van der Waals surface area (Å²) < 4.78 is 55.8. The molecule has 1 aliphatic rings. The van der Waals surface area contributed by atoms with E-state index in [1.54, 1.807) is 30.4 Å². The van der Waals surface area contributed by atoms with Crippen LogP contribution < -0.4 is 0 Å². The second-order valence-electron chi connectivity index (χ2n) is 8.18. The number of pyridine rings is 1. The first-order chi connectivity index (χ1) is 15.3. The molecule has 1 fully saturated rings. The first-order valence-electron chi connectivity index (χ1n) is 10.6. The summed E-state index contributed by atoms with van der Waals surface area (Å²) in [5.74, 6) is -0.124. The van der Waals surface area contributed by atoms with Gasteiger partial charge in [-0.15, -0.1) is 5.10 Å². The zero-order chi connectivity index (χ0) is 22.7. The Labute approximate surface area is 183 Å². The van der Waals surface area contributed by atoms with Gasteiger partial charge in [0, 0.05) is 24.5 Å². The van der Waals surface area contributed by atoms with Crippen molar-refractivity contribution in [1.82, 2.24) is 30.1 Å². The lowest BCUT2D eigenvalue weighted by Gasteiger charge is -2.30. The van der Waals surface area contributed by atoms with Crippen molar-refractivity contribution < 1.29 is 17.6 Å². The van der Waals surface area contributed by atoms with E-state index in [2.05, 4.69) is 20.5 Å². The molecule has 0 radical (unpaired) electrons. The van der Waals surface area contributed by atoms with Gasteiger partial charge in [-0.2, -0.15) is 13.2 Å². The highest BCUT2D eigenvalue weighted by Gasteiger charge is 2.33. The van der Waals surface area contributed by atoms with Crippen LogP contribution in [-0.2, 0) is 12.7 Å². The van der Waals surface area contributed by atoms with Crippen LogP contribution in [0.1, 0.15) is 66.7 Å². The monoisotopic (exact) mass is 448 g/mol. The molecule has 1 atom stereocenters. The zero-order valence-corrected chi connectivity index (χ0v) is 17.6. The van der Waals surface area contributed by atoms with E-state index >= 15 is 0 Å². The molecule has 32 heavy (non-hydrogen) atoms. The maximum atomic E-state index is 14.4. The number of benzene rings is 1. The van der Waals surface area contributed by atoms with E-state index in [-0.39, 0.29) is 18.2 Å². The molecular formula is C22H24F4N6. The molecule has 0 saturated heterocycles. The third-order valence-corrected chi connectivity index (χ3v) is 5.92. The molecule has 0 bridgehead atoms. The van der Waals surface area contributed by atoms with Crippen molar-refractivity contribution in [3.05, 3.63) is 71.1 Å². The second kappa shape index (κ2) is 9.32. The average Bonchev–Trinajstić information content (AvgIpc) is 3.25. The van der Waals surface area contributed by atoms with Gasteiger partial charge in [0.1, 0.15) is 5.82 Å². The third-order valence-electron chi connectivity index (χ3n) is 5.92. The molecule has 1 aliphatic carbocycles. The molecule has 0 N–H and O–H groups in total. The Morgan fingerprint density at radius 1 is 1.16 bits per heavy atom. The molecule has 0 amide bonds. The van der Waals surface area contributed by atoms with E-state index in [4.69, 9.17) is 0 Å². The van der Waals surface area contributed by atoms with Gasteiger partial charge in [-0.25, -0.2) is 9.07 Å². The standard InChI is InChI=1S/C22H24F4N6/c1-31(14-16-12-17(22(24,25)26)9-10-19(16)23)20(15-6-5-11-27-13-15)21-28-29-30-32(21)18-7-3-2-4-8-18/h5-6,9-13,18,20H,2-4,7-8,14H2,1H3. The maximum absolute atomic E-state index is 14.4. The molecule has 0 aliphatic heterocycles. The Hall–Kier alpha value is -2.88. The maximum Gasteiger partial charge on any atom is 0.416 e. The number of hydrogen-bond donors (Lipinski definition) is 0. The Kier molecular flexibility index (Phi) is 6.50. The van der Waals surface area contributed by atoms with Crippen LogP contribution in [0.25, 0.3) is 0 Å². The second-order valence-corrected chi connectivity index (χ2v) is 8.18. The Bertz CT molecular complexity index is 1030. The van der Waals surface area contributed by atoms with Crippen LogP contribution in [0.15, 0.2) is 42.7 Å². The van der Waals surface area contributed by atoms with Crippen molar-refractivity contribution in [2.75, 3.05) is 7.05 Å². The highest BCUT2D eigenvalue weighted by atomic mass is 19.4. The molecule has 6 nitrogen and oxygen atoms in total. The van der Waals surface area contributed by atoms with E-state index in [9.17, 15) is 17.6 Å². The van der Waals surface area contributed by atoms with Crippen LogP contribution in [0.3, 0.4) is 0 Å². The SMILES string of the molecule is CN(Cc1cc(C(F)(F)F)ccc1F)C(c1cccnc1)c1nnnn1C1CCCCC1. The summed E-state index contributed by atoms with van der Waals surface area (Å²) in [4.78, 5) is 5.93. The van der Waals surface area contributed by atoms with E-state index in [0.29, 0.717) is 5.82 Å². The van der Waals surface area contributed by atoms with Crippen molar-refractivity contribution in [1.29, 1.82) is 0 Å². The van der Waals surface area contributed by atoms with Crippen LogP contribution in [0.5, 0.6) is 0 Å². The molecular weight excluding hydrogens is 424 g/mol. The minimum absolute atomic E-state index is 0.0482. The largest absolute Gasteiger partial charge is 0.416 e. The van der Waals surface area contributed by atoms with Crippen LogP contribution in [-0.4, -0.2) is 37.1 Å². The molecule has 3 aromatic rings. The summed E-state index contributed by atoms with van der Waals surface area (Å²) in [6, 6.07) is 5.75. The Balaban J connectivity index is 1.70. The van der Waals surface area contributed by atoms with Gasteiger partial charge in [0.15, 0.2) is 5.82 Å². The fourth-order valence-electron chi connectivity index (χ4n) is 4.34. The van der Waals surface area contributed by atoms with E-state index in [0.717, 1.165) is 49.4 Å². The quantitative estimate of drug-likeness (QED) is 0.500. The molecule has 10 heteroatoms. The van der Waals surface area contributed by atoms with E-state index in [1.807, 2.05) is 10.7 Å². The van der Waals surface area contributed by atoms with Gasteiger partial charge in [-0.05, 0) is 60.1 Å². The predicted octanol–water partition coefficient (Wildman–Crippen LogP) is 4.95. The highest BCUT2D eigenvalue weighted by molar-refractivity contribution is 5.28. The zero-order valence-electron chi connectivity index (χ0n) is 17.6. The first-order valence-corrected chi connectivity index (χ1v) is 10.6. The minimum atomic E-state index is -4.55. The molecule has 1 aromatic carbocycles. The van der Waals surface area contributed by atoms with Gasteiger partial charge in [0.05, 0.1) is 17.6 Å². The van der Waals surface area contributed by atoms with Crippen LogP contribution in [0, 0.1) is 5.82 Å². The van der Waals surface area contributed by atoms with Crippen LogP contribution in [0.4, 0.5) is 17.6 Å². The van der Waals surface area contributed by atoms with Crippen molar-refractivity contribution in [3.8, 4) is 0 Å². The van der Waals surface area contributed by atoms with Crippen molar-refractivity contribution >= 4 is 0 Å². The number of nitrogens with zero attached hydrogens (tertiary/aromatic N) is 6. The third kappa shape index (κ3) is 4.79. The van der Waals surface area contributed by atoms with Crippen molar-refractivity contribution in [2.24, 2.45) is 0 Å². The molecule has 1 saturated carbocycles. The van der Waals surface area contributed by atoms with Gasteiger partial charge in [-0.1, -0.05) is 25.3 Å². The topological polar surface area (TPSA) is 59.7 Å². The minimum Gasteiger partial charge on any atom is -0.288 e. The smallest absolute Gasteiger partial charge is 0.288 e. The van der Waals surface area contributed by atoms with E-state index < -0.39 is 23.6 Å². The number of tetrazole rings is 1. The normalized spacial score (nSPS) is 16.4. The molecule has 4 rings (SSSR count). The summed E-state index contributed by atoms with van der Waals surface area (Å²) in [5.41, 5.74) is -0.158. The number of aromatic nitrogens is 5. The van der Waals surface area contributed by atoms with Crippen molar-refractivity contribution in [2.45, 2.75) is 56.9 Å². The molecule has 170 valence electrons. The number of halogens is 4. The molecule has 1 unspecified atom stereocenters. The lowest BCUT2D eigenvalue weighted by atomic mass is 9.95. The first kappa shape index (κ1) is 22.3. The number of hydrogen-bond acceptors (Lipinski definition) is 5. The van der Waals surface area contributed by atoms with Gasteiger partial charge >= 0.3 is 6.18 Å². The Morgan fingerprint density at radius 3 is 2.62 bits per heavy atom. The van der Waals surface area contributed by atoms with Crippen LogP contribution in [0.2, 0.25) is 0 Å². The van der Waals surface area contributed by atoms with Gasteiger partial charge in [-0.3, -0.25) is 9.88 Å². The van der Waals surface area contributed by atoms with Crippen LogP contribution >= 0.6 is 0 Å². The summed E-state index contributed by atoms with van der Waals surface area (Å²) in [6.07, 6.45) is 4.04. The number of rotatable bonds is 6. The lowest BCUT2D eigenvalue weighted by Crippen LogP contribution is -2.30. The lowest BCUT2D eigenvalue weighted by molar-refractivity contribution is -0.137.